The minimum Gasteiger partial charge on any atom is -0.367 e. The van der Waals surface area contributed by atoms with Crippen molar-refractivity contribution in [2.24, 2.45) is 5.41 Å². The Balaban J connectivity index is 2.00. The molecule has 1 aliphatic rings. The first kappa shape index (κ1) is 18.5. The van der Waals surface area contributed by atoms with Crippen LogP contribution in [0.15, 0.2) is 18.3 Å². The number of alkyl halides is 3. The highest BCUT2D eigenvalue weighted by Gasteiger charge is 2.33. The summed E-state index contributed by atoms with van der Waals surface area (Å²) in [6.07, 6.45) is -3.55. The first-order valence-corrected chi connectivity index (χ1v) is 7.76. The van der Waals surface area contributed by atoms with Crippen molar-refractivity contribution in [3.63, 3.8) is 0 Å². The van der Waals surface area contributed by atoms with Gasteiger partial charge in [-0.1, -0.05) is 0 Å². The van der Waals surface area contributed by atoms with Crippen molar-refractivity contribution in [3.05, 3.63) is 23.9 Å². The lowest BCUT2D eigenvalue weighted by Gasteiger charge is -2.39. The van der Waals surface area contributed by atoms with Gasteiger partial charge in [0.15, 0.2) is 0 Å². The second kappa shape index (κ2) is 6.58. The summed E-state index contributed by atoms with van der Waals surface area (Å²) in [6, 6.07) is 2.35. The number of halogens is 3. The average molecular weight is 345 g/mol. The normalized spacial score (nSPS) is 20.1. The number of piperazine rings is 1. The smallest absolute Gasteiger partial charge is 0.367 e. The quantitative estimate of drug-likeness (QED) is 0.824. The molecule has 0 spiro atoms. The highest BCUT2D eigenvalue weighted by Crippen LogP contribution is 2.30. The highest BCUT2D eigenvalue weighted by atomic mass is 19.4. The molecule has 1 atom stereocenters. The second-order valence-electron chi connectivity index (χ2n) is 6.96. The molecule has 0 aromatic carbocycles. The molecule has 5 nitrogen and oxygen atoms in total. The lowest BCUT2D eigenvalue weighted by Crippen LogP contribution is -2.53. The SMILES string of the molecule is CC1CN(OC(=O)C(C)(C)C)CCN1c1ccc(C(F)(F)F)cn1. The third-order valence-corrected chi connectivity index (χ3v) is 3.78. The summed E-state index contributed by atoms with van der Waals surface area (Å²) in [5, 5.41) is 1.60. The number of carbonyl (C=O) groups is 1. The first-order valence-electron chi connectivity index (χ1n) is 7.76. The Morgan fingerprint density at radius 1 is 1.25 bits per heavy atom. The van der Waals surface area contributed by atoms with Crippen LogP contribution in [0.25, 0.3) is 0 Å². The molecule has 0 radical (unpaired) electrons. The van der Waals surface area contributed by atoms with Crippen molar-refractivity contribution in [1.82, 2.24) is 10.0 Å². The van der Waals surface area contributed by atoms with E-state index in [1.54, 1.807) is 25.8 Å². The molecule has 2 heterocycles. The molecule has 0 saturated carbocycles. The van der Waals surface area contributed by atoms with E-state index in [1.807, 2.05) is 11.8 Å². The van der Waals surface area contributed by atoms with Crippen LogP contribution in [-0.2, 0) is 15.8 Å². The molecule has 8 heteroatoms. The molecule has 1 aliphatic heterocycles. The molecular formula is C16H22F3N3O2. The van der Waals surface area contributed by atoms with Gasteiger partial charge in [0.25, 0.3) is 0 Å². The molecule has 24 heavy (non-hydrogen) atoms. The third kappa shape index (κ3) is 4.37. The van der Waals surface area contributed by atoms with Crippen LogP contribution in [0.5, 0.6) is 0 Å². The molecule has 2 rings (SSSR count). The predicted octanol–water partition coefficient (Wildman–Crippen LogP) is 3.12. The number of carbonyl (C=O) groups excluding carboxylic acids is 1. The highest BCUT2D eigenvalue weighted by molar-refractivity contribution is 5.75. The fourth-order valence-corrected chi connectivity index (χ4v) is 2.33. The fraction of sp³-hybridized carbons (Fsp3) is 0.625. The van der Waals surface area contributed by atoms with E-state index in [1.165, 1.54) is 6.07 Å². The lowest BCUT2D eigenvalue weighted by atomic mass is 9.98. The Bertz CT molecular complexity index is 582. The van der Waals surface area contributed by atoms with E-state index < -0.39 is 17.2 Å². The standard InChI is InChI=1S/C16H22F3N3O2/c1-11-10-21(24-14(23)15(2,3)4)7-8-22(11)13-6-5-12(9-20-13)16(17,18)19/h5-6,9,11H,7-8,10H2,1-4H3. The van der Waals surface area contributed by atoms with Gasteiger partial charge in [-0.05, 0) is 39.8 Å². The maximum absolute atomic E-state index is 12.6. The topological polar surface area (TPSA) is 45.7 Å². The number of hydroxylamine groups is 2. The van der Waals surface area contributed by atoms with E-state index in [9.17, 15) is 18.0 Å². The van der Waals surface area contributed by atoms with Crippen molar-refractivity contribution in [2.45, 2.75) is 39.9 Å². The summed E-state index contributed by atoms with van der Waals surface area (Å²) in [4.78, 5) is 23.1. The molecular weight excluding hydrogens is 323 g/mol. The van der Waals surface area contributed by atoms with Gasteiger partial charge in [0.05, 0.1) is 24.1 Å². The fourth-order valence-electron chi connectivity index (χ4n) is 2.33. The van der Waals surface area contributed by atoms with E-state index in [4.69, 9.17) is 4.84 Å². The molecule has 134 valence electrons. The Morgan fingerprint density at radius 2 is 1.92 bits per heavy atom. The zero-order valence-corrected chi connectivity index (χ0v) is 14.2. The van der Waals surface area contributed by atoms with E-state index >= 15 is 0 Å². The van der Waals surface area contributed by atoms with Crippen molar-refractivity contribution in [3.8, 4) is 0 Å². The number of hydrogen-bond donors (Lipinski definition) is 0. The molecule has 1 aromatic rings. The maximum Gasteiger partial charge on any atom is 0.417 e. The van der Waals surface area contributed by atoms with Crippen molar-refractivity contribution >= 4 is 11.8 Å². The molecule has 1 fully saturated rings. The van der Waals surface area contributed by atoms with Gasteiger partial charge in [-0.25, -0.2) is 9.78 Å². The predicted molar refractivity (Wildman–Crippen MR) is 83.2 cm³/mol. The van der Waals surface area contributed by atoms with Gasteiger partial charge in [0.2, 0.25) is 0 Å². The summed E-state index contributed by atoms with van der Waals surface area (Å²) in [5.74, 6) is 0.174. The molecule has 0 amide bonds. The van der Waals surface area contributed by atoms with Crippen LogP contribution in [0.2, 0.25) is 0 Å². The van der Waals surface area contributed by atoms with Crippen LogP contribution in [0.1, 0.15) is 33.3 Å². The largest absolute Gasteiger partial charge is 0.417 e. The molecule has 0 N–H and O–H groups in total. The van der Waals surface area contributed by atoms with E-state index in [0.717, 1.165) is 12.3 Å². The van der Waals surface area contributed by atoms with Gasteiger partial charge in [0.1, 0.15) is 5.82 Å². The van der Waals surface area contributed by atoms with Crippen LogP contribution in [0.3, 0.4) is 0 Å². The molecule has 0 bridgehead atoms. The van der Waals surface area contributed by atoms with Gasteiger partial charge >= 0.3 is 12.1 Å². The summed E-state index contributed by atoms with van der Waals surface area (Å²) < 4.78 is 37.8. The molecule has 0 aliphatic carbocycles. The minimum absolute atomic E-state index is 0.0456. The Labute approximate surface area is 139 Å². The van der Waals surface area contributed by atoms with Crippen LogP contribution in [0.4, 0.5) is 19.0 Å². The second-order valence-corrected chi connectivity index (χ2v) is 6.96. The average Bonchev–Trinajstić information content (AvgIpc) is 2.45. The van der Waals surface area contributed by atoms with Gasteiger partial charge < -0.3 is 9.74 Å². The molecule has 1 aromatic heterocycles. The number of pyridine rings is 1. The van der Waals surface area contributed by atoms with Crippen LogP contribution in [-0.4, -0.2) is 41.7 Å². The van der Waals surface area contributed by atoms with E-state index in [2.05, 4.69) is 4.98 Å². The van der Waals surface area contributed by atoms with Gasteiger partial charge in [0, 0.05) is 18.8 Å². The summed E-state index contributed by atoms with van der Waals surface area (Å²) in [6.45, 7) is 8.69. The monoisotopic (exact) mass is 345 g/mol. The number of hydrogen-bond acceptors (Lipinski definition) is 5. The summed E-state index contributed by atoms with van der Waals surface area (Å²) in [7, 11) is 0. The van der Waals surface area contributed by atoms with E-state index in [-0.39, 0.29) is 12.0 Å². The minimum atomic E-state index is -4.39. The maximum atomic E-state index is 12.6. The van der Waals surface area contributed by atoms with Crippen molar-refractivity contribution in [1.29, 1.82) is 0 Å². The number of rotatable bonds is 2. The van der Waals surface area contributed by atoms with Gasteiger partial charge in [-0.2, -0.15) is 13.2 Å². The molecule has 1 saturated heterocycles. The Kier molecular flexibility index (Phi) is 5.08. The van der Waals surface area contributed by atoms with Crippen LogP contribution < -0.4 is 4.90 Å². The summed E-state index contributed by atoms with van der Waals surface area (Å²) in [5.41, 5.74) is -1.35. The van der Waals surface area contributed by atoms with Crippen molar-refractivity contribution < 1.29 is 22.8 Å². The first-order chi connectivity index (χ1) is 11.0. The number of anilines is 1. The zero-order valence-electron chi connectivity index (χ0n) is 14.2. The van der Waals surface area contributed by atoms with Crippen molar-refractivity contribution in [2.75, 3.05) is 24.5 Å². The lowest BCUT2D eigenvalue weighted by molar-refractivity contribution is -0.203. The van der Waals surface area contributed by atoms with E-state index in [0.29, 0.717) is 25.5 Å². The third-order valence-electron chi connectivity index (χ3n) is 3.78. The molecule has 1 unspecified atom stereocenters. The summed E-state index contributed by atoms with van der Waals surface area (Å²) >= 11 is 0. The van der Waals surface area contributed by atoms with Crippen LogP contribution in [0, 0.1) is 5.41 Å². The van der Waals surface area contributed by atoms with Gasteiger partial charge in [-0.15, -0.1) is 5.06 Å². The Morgan fingerprint density at radius 3 is 2.38 bits per heavy atom. The number of nitrogens with zero attached hydrogens (tertiary/aromatic N) is 3. The number of aromatic nitrogens is 1. The van der Waals surface area contributed by atoms with Crippen LogP contribution >= 0.6 is 0 Å². The Hall–Kier alpha value is -1.83. The zero-order chi connectivity index (χ0) is 18.1. The van der Waals surface area contributed by atoms with Gasteiger partial charge in [-0.3, -0.25) is 0 Å².